The normalized spacial score (nSPS) is 10.7. The molecule has 240 valence electrons. The van der Waals surface area contributed by atoms with E-state index < -0.39 is 58.1 Å². The van der Waals surface area contributed by atoms with Crippen molar-refractivity contribution in [3.05, 3.63) is 90.9 Å². The largest absolute Gasteiger partial charge is 0.455 e. The molecule has 46 heavy (non-hydrogen) atoms. The maximum Gasteiger partial charge on any atom is 0.344 e. The third-order valence-corrected chi connectivity index (χ3v) is 6.73. The molecule has 1 amide bonds. The third kappa shape index (κ3) is 9.98. The zero-order valence-corrected chi connectivity index (χ0v) is 26.1. The maximum atomic E-state index is 12.3. The molecule has 0 atom stereocenters. The van der Waals surface area contributed by atoms with Gasteiger partial charge in [-0.15, -0.1) is 10.2 Å². The number of amides is 1. The summed E-state index contributed by atoms with van der Waals surface area (Å²) >= 11 is 3.06. The molecule has 0 aromatic heterocycles. The number of nitro groups is 2. The zero-order valence-electron chi connectivity index (χ0n) is 24.5. The van der Waals surface area contributed by atoms with Crippen molar-refractivity contribution in [3.8, 4) is 0 Å². The minimum atomic E-state index is -0.874. The Kier molecular flexibility index (Phi) is 12.5. The average molecular weight is 699 g/mol. The number of ether oxygens (including phenoxy) is 2. The smallest absolute Gasteiger partial charge is 0.344 e. The number of hydrogen-bond acceptors (Lipinski definition) is 13. The first kappa shape index (κ1) is 34.9. The van der Waals surface area contributed by atoms with Gasteiger partial charge in [0, 0.05) is 37.3 Å². The van der Waals surface area contributed by atoms with Crippen molar-refractivity contribution in [3.63, 3.8) is 0 Å². The molecule has 17 heteroatoms. The quantitative estimate of drug-likeness (QED) is 0.0655. The van der Waals surface area contributed by atoms with Crippen LogP contribution in [0.5, 0.6) is 0 Å². The molecular weight excluding hydrogens is 672 g/mol. The van der Waals surface area contributed by atoms with Gasteiger partial charge in [0.2, 0.25) is 5.91 Å². The number of halogens is 1. The van der Waals surface area contributed by atoms with E-state index in [1.165, 1.54) is 13.0 Å². The highest BCUT2D eigenvalue weighted by molar-refractivity contribution is 9.10. The van der Waals surface area contributed by atoms with Crippen molar-refractivity contribution in [2.45, 2.75) is 20.3 Å². The maximum absolute atomic E-state index is 12.3. The third-order valence-electron chi connectivity index (χ3n) is 6.13. The Morgan fingerprint density at radius 3 is 2.24 bits per heavy atom. The van der Waals surface area contributed by atoms with Crippen molar-refractivity contribution >= 4 is 73.7 Å². The summed E-state index contributed by atoms with van der Waals surface area (Å²) in [6.07, 6.45) is -0.112. The average Bonchev–Trinajstić information content (AvgIpc) is 3.02. The highest BCUT2D eigenvalue weighted by Gasteiger charge is 2.24. The van der Waals surface area contributed by atoms with Crippen molar-refractivity contribution in [2.75, 3.05) is 36.5 Å². The number of nitro benzene ring substituents is 2. The molecule has 1 N–H and O–H groups in total. The predicted octanol–water partition coefficient (Wildman–Crippen LogP) is 5.83. The van der Waals surface area contributed by atoms with Gasteiger partial charge in [-0.25, -0.2) is 4.79 Å². The van der Waals surface area contributed by atoms with Crippen LogP contribution in [-0.4, -0.2) is 59.8 Å². The number of nitrogens with zero attached hydrogens (tertiary/aromatic N) is 5. The Morgan fingerprint density at radius 2 is 1.61 bits per heavy atom. The molecule has 0 aliphatic rings. The molecule has 0 aliphatic heterocycles. The standard InChI is InChI=1S/C29H27BrN6O10/c1-3-34(12-11-27(39)46-17-28(40)45-16-26(38)19-7-5-4-6-8-19)20-9-10-23(24(14-20)31-18(2)37)32-33-29-22(30)13-21(35(41)42)15-25(29)36(43)44/h4-10,13-15H,3,11-12,16-17H2,1-2H3,(H,31,37)/b33-32+. The molecule has 0 heterocycles. The first-order valence-corrected chi connectivity index (χ1v) is 14.3. The first-order chi connectivity index (χ1) is 21.9. The molecule has 0 unspecified atom stereocenters. The van der Waals surface area contributed by atoms with E-state index in [4.69, 9.17) is 9.47 Å². The van der Waals surface area contributed by atoms with E-state index in [-0.39, 0.29) is 34.5 Å². The topological polar surface area (TPSA) is 213 Å². The van der Waals surface area contributed by atoms with Crippen LogP contribution in [-0.2, 0) is 23.9 Å². The van der Waals surface area contributed by atoms with Gasteiger partial charge in [-0.3, -0.25) is 34.6 Å². The van der Waals surface area contributed by atoms with E-state index in [9.17, 15) is 39.4 Å². The second-order valence-electron chi connectivity index (χ2n) is 9.33. The molecular formula is C29H27BrN6O10. The Morgan fingerprint density at radius 1 is 0.913 bits per heavy atom. The predicted molar refractivity (Wildman–Crippen MR) is 168 cm³/mol. The lowest BCUT2D eigenvalue weighted by Crippen LogP contribution is -2.27. The summed E-state index contributed by atoms with van der Waals surface area (Å²) in [5.41, 5.74) is -0.166. The van der Waals surface area contributed by atoms with E-state index in [0.29, 0.717) is 17.8 Å². The van der Waals surface area contributed by atoms with Crippen LogP contribution < -0.4 is 10.2 Å². The molecule has 3 aromatic carbocycles. The Labute approximate surface area is 269 Å². The highest BCUT2D eigenvalue weighted by atomic mass is 79.9. The Balaban J connectivity index is 1.66. The van der Waals surface area contributed by atoms with Crippen molar-refractivity contribution in [2.24, 2.45) is 10.2 Å². The van der Waals surface area contributed by atoms with E-state index >= 15 is 0 Å². The van der Waals surface area contributed by atoms with Crippen LogP contribution in [0.1, 0.15) is 30.6 Å². The van der Waals surface area contributed by atoms with Gasteiger partial charge in [0.25, 0.3) is 5.69 Å². The Bertz CT molecular complexity index is 1680. The molecule has 16 nitrogen and oxygen atoms in total. The second-order valence-corrected chi connectivity index (χ2v) is 10.2. The van der Waals surface area contributed by atoms with Crippen LogP contribution in [0.15, 0.2) is 75.4 Å². The zero-order chi connectivity index (χ0) is 33.8. The number of nitrogens with one attached hydrogen (secondary N) is 1. The summed E-state index contributed by atoms with van der Waals surface area (Å²) in [7, 11) is 0. The number of azo groups is 1. The Hall–Kier alpha value is -5.58. The molecule has 0 bridgehead atoms. The minimum absolute atomic E-state index is 0.0344. The number of carbonyl (C=O) groups is 4. The number of hydrogen-bond donors (Lipinski definition) is 1. The number of carbonyl (C=O) groups excluding carboxylic acids is 4. The van der Waals surface area contributed by atoms with Crippen LogP contribution in [0.4, 0.5) is 34.1 Å². The van der Waals surface area contributed by atoms with Gasteiger partial charge in [0.05, 0.1) is 32.5 Å². The number of rotatable bonds is 15. The van der Waals surface area contributed by atoms with Gasteiger partial charge in [-0.2, -0.15) is 0 Å². The molecule has 0 radical (unpaired) electrons. The van der Waals surface area contributed by atoms with Crippen LogP contribution >= 0.6 is 15.9 Å². The fourth-order valence-corrected chi connectivity index (χ4v) is 4.44. The first-order valence-electron chi connectivity index (χ1n) is 13.5. The summed E-state index contributed by atoms with van der Waals surface area (Å²) in [4.78, 5) is 71.0. The summed E-state index contributed by atoms with van der Waals surface area (Å²) in [5, 5.41) is 33.2. The number of non-ortho nitro benzene ring substituents is 1. The molecule has 0 saturated heterocycles. The number of ketones is 1. The highest BCUT2D eigenvalue weighted by Crippen LogP contribution is 2.40. The minimum Gasteiger partial charge on any atom is -0.455 e. The molecule has 0 spiro atoms. The van der Waals surface area contributed by atoms with Crippen LogP contribution in [0.25, 0.3) is 0 Å². The molecule has 0 fully saturated rings. The number of esters is 2. The number of anilines is 2. The van der Waals surface area contributed by atoms with E-state index in [0.717, 1.165) is 12.1 Å². The van der Waals surface area contributed by atoms with E-state index in [1.807, 2.05) is 6.92 Å². The fourth-order valence-electron chi connectivity index (χ4n) is 3.92. The van der Waals surface area contributed by atoms with Crippen LogP contribution in [0.2, 0.25) is 0 Å². The van der Waals surface area contributed by atoms with Crippen LogP contribution in [0.3, 0.4) is 0 Å². The number of Topliss-reactive ketones (excluding diaryl/α,β-unsaturated/α-hetero) is 1. The lowest BCUT2D eigenvalue weighted by molar-refractivity contribution is -0.393. The molecule has 3 rings (SSSR count). The van der Waals surface area contributed by atoms with E-state index in [2.05, 4.69) is 31.5 Å². The monoisotopic (exact) mass is 698 g/mol. The summed E-state index contributed by atoms with van der Waals surface area (Å²) in [6.45, 7) is 2.53. The van der Waals surface area contributed by atoms with Gasteiger partial charge in [-0.05, 0) is 41.1 Å². The van der Waals surface area contributed by atoms with Gasteiger partial charge in [-0.1, -0.05) is 30.3 Å². The van der Waals surface area contributed by atoms with Crippen molar-refractivity contribution < 1.29 is 38.5 Å². The van der Waals surface area contributed by atoms with E-state index in [1.54, 1.807) is 47.4 Å². The van der Waals surface area contributed by atoms with Crippen molar-refractivity contribution in [1.82, 2.24) is 0 Å². The molecule has 0 aliphatic carbocycles. The van der Waals surface area contributed by atoms with Gasteiger partial charge < -0.3 is 19.7 Å². The lowest BCUT2D eigenvalue weighted by atomic mass is 10.1. The number of benzene rings is 3. The molecule has 0 saturated carbocycles. The van der Waals surface area contributed by atoms with Crippen molar-refractivity contribution in [1.29, 1.82) is 0 Å². The van der Waals surface area contributed by atoms with Crippen LogP contribution in [0, 0.1) is 20.2 Å². The summed E-state index contributed by atoms with van der Waals surface area (Å²) in [6, 6.07) is 14.8. The lowest BCUT2D eigenvalue weighted by Gasteiger charge is -2.23. The van der Waals surface area contributed by atoms with Gasteiger partial charge in [0.1, 0.15) is 5.69 Å². The van der Waals surface area contributed by atoms with Gasteiger partial charge in [0.15, 0.2) is 24.7 Å². The molecule has 3 aromatic rings. The summed E-state index contributed by atoms with van der Waals surface area (Å²) < 4.78 is 9.82. The van der Waals surface area contributed by atoms with Gasteiger partial charge >= 0.3 is 17.6 Å². The fraction of sp³-hybridized carbons (Fsp3) is 0.241. The summed E-state index contributed by atoms with van der Waals surface area (Å²) in [5.74, 6) is -2.40. The SMILES string of the molecule is CCN(CCC(=O)OCC(=O)OCC(=O)c1ccccc1)c1ccc(/N=N/c2c(Br)cc([N+](=O)[O-])cc2[N+](=O)[O-])c(NC(C)=O)c1. The second kappa shape index (κ2) is 16.5.